The maximum Gasteiger partial charge on any atom is 0.0796 e. The van der Waals surface area contributed by atoms with Crippen LogP contribution in [0.25, 0.3) is 33.2 Å². The number of rotatable bonds is 2. The molecule has 0 aliphatic heterocycles. The molecule has 114 valence electrons. The predicted octanol–water partition coefficient (Wildman–Crippen LogP) is 6.86. The van der Waals surface area contributed by atoms with Gasteiger partial charge in [-0.2, -0.15) is 0 Å². The molecule has 0 fully saturated rings. The molecule has 0 saturated heterocycles. The molecular formula is C19H13Cl2OZr-. The van der Waals surface area contributed by atoms with Gasteiger partial charge in [-0.1, -0.05) is 59.7 Å². The van der Waals surface area contributed by atoms with E-state index < -0.39 is 20.8 Å². The summed E-state index contributed by atoms with van der Waals surface area (Å²) in [5, 5.41) is 2.52. The third kappa shape index (κ3) is 3.83. The molecule has 0 spiro atoms. The first-order valence-electron chi connectivity index (χ1n) is 7.08. The van der Waals surface area contributed by atoms with Gasteiger partial charge in [0, 0.05) is 0 Å². The number of furan rings is 1. The molecule has 0 amide bonds. The Morgan fingerprint density at radius 2 is 1.65 bits per heavy atom. The fraction of sp³-hybridized carbons (Fsp3) is 0. The van der Waals surface area contributed by atoms with Crippen LogP contribution in [0.2, 0.25) is 0 Å². The van der Waals surface area contributed by atoms with Crippen LogP contribution in [0, 0.1) is 0 Å². The smallest absolute Gasteiger partial charge is 0.0796 e. The molecule has 0 atom stereocenters. The van der Waals surface area contributed by atoms with Gasteiger partial charge >= 0.3 is 37.9 Å². The molecule has 1 aromatic heterocycles. The van der Waals surface area contributed by atoms with Gasteiger partial charge in [-0.15, -0.1) is 29.0 Å². The summed E-state index contributed by atoms with van der Waals surface area (Å²) in [7, 11) is 9.87. The Hall–Kier alpha value is -1.21. The van der Waals surface area contributed by atoms with Crippen LogP contribution >= 0.6 is 17.0 Å². The summed E-state index contributed by atoms with van der Waals surface area (Å²) in [6.07, 6.45) is 1.71. The monoisotopic (exact) mass is 417 g/mol. The molecule has 0 saturated carbocycles. The summed E-state index contributed by atoms with van der Waals surface area (Å²) in [6, 6.07) is 25.2. The van der Waals surface area contributed by atoms with E-state index in [4.69, 9.17) is 21.4 Å². The standard InChI is InChI=1S/C19H13O.2ClH.Zr/c1-2-6-14(7-3-1)17-9-4-8-15-12-16(13-18(15)17)19-10-5-11-20-19;;;/h1-13H;2*1H;/q-1;;;+2/p-2. The molecule has 0 bridgehead atoms. The van der Waals surface area contributed by atoms with Crippen LogP contribution in [-0.4, -0.2) is 0 Å². The molecule has 23 heavy (non-hydrogen) atoms. The van der Waals surface area contributed by atoms with Crippen LogP contribution in [-0.2, 0) is 20.8 Å². The Kier molecular flexibility index (Phi) is 5.83. The predicted molar refractivity (Wildman–Crippen MR) is 94.4 cm³/mol. The van der Waals surface area contributed by atoms with Crippen molar-refractivity contribution in [2.75, 3.05) is 0 Å². The van der Waals surface area contributed by atoms with Crippen molar-refractivity contribution in [1.29, 1.82) is 0 Å². The molecule has 3 aromatic carbocycles. The Morgan fingerprint density at radius 3 is 2.35 bits per heavy atom. The van der Waals surface area contributed by atoms with E-state index in [0.29, 0.717) is 0 Å². The minimum Gasteiger partial charge on any atom is -0.499 e. The fourth-order valence-corrected chi connectivity index (χ4v) is 2.69. The molecule has 4 heteroatoms. The zero-order valence-electron chi connectivity index (χ0n) is 12.2. The molecule has 4 rings (SSSR count). The number of hydrogen-bond acceptors (Lipinski definition) is 1. The molecule has 0 radical (unpaired) electrons. The molecule has 0 aliphatic rings. The quantitative estimate of drug-likeness (QED) is 0.324. The van der Waals surface area contributed by atoms with Gasteiger partial charge in [-0.25, -0.2) is 0 Å². The molecular weight excluding hydrogens is 406 g/mol. The van der Waals surface area contributed by atoms with Gasteiger partial charge in [-0.3, -0.25) is 0 Å². The molecule has 0 unspecified atom stereocenters. The van der Waals surface area contributed by atoms with Crippen molar-refractivity contribution in [3.05, 3.63) is 79.1 Å². The minimum atomic E-state index is -0.826. The molecule has 4 aromatic rings. The molecule has 1 nitrogen and oxygen atoms in total. The van der Waals surface area contributed by atoms with Gasteiger partial charge in [0.1, 0.15) is 0 Å². The zero-order valence-corrected chi connectivity index (χ0v) is 16.1. The third-order valence-electron chi connectivity index (χ3n) is 3.64. The Labute approximate surface area is 153 Å². The average Bonchev–Trinajstić information content (AvgIpc) is 3.25. The molecule has 0 N–H and O–H groups in total. The Bertz CT molecular complexity index is 867. The van der Waals surface area contributed by atoms with E-state index in [2.05, 4.69) is 54.6 Å². The van der Waals surface area contributed by atoms with Gasteiger partial charge in [0.05, 0.1) is 12.0 Å². The molecule has 0 aliphatic carbocycles. The first kappa shape index (κ1) is 16.6. The normalized spacial score (nSPS) is 10.2. The number of fused-ring (bicyclic) bond motifs is 1. The summed E-state index contributed by atoms with van der Waals surface area (Å²) >= 11 is -0.826. The SMILES string of the molecule is [Cl][Zr][Cl].c1ccc(-c2cccc3[cH-]c(-c4ccco4)cc23)cc1. The van der Waals surface area contributed by atoms with Crippen molar-refractivity contribution in [3.8, 4) is 22.5 Å². The van der Waals surface area contributed by atoms with Crippen molar-refractivity contribution < 1.29 is 25.3 Å². The van der Waals surface area contributed by atoms with E-state index in [1.807, 2.05) is 18.2 Å². The van der Waals surface area contributed by atoms with Crippen LogP contribution in [0.15, 0.2) is 83.5 Å². The summed E-state index contributed by atoms with van der Waals surface area (Å²) in [4.78, 5) is 0. The van der Waals surface area contributed by atoms with Crippen LogP contribution in [0.1, 0.15) is 0 Å². The zero-order chi connectivity index (χ0) is 16.1. The fourth-order valence-electron chi connectivity index (χ4n) is 2.69. The molecule has 1 heterocycles. The van der Waals surface area contributed by atoms with Crippen LogP contribution in [0.4, 0.5) is 0 Å². The van der Waals surface area contributed by atoms with Crippen LogP contribution in [0.3, 0.4) is 0 Å². The summed E-state index contributed by atoms with van der Waals surface area (Å²) < 4.78 is 5.49. The van der Waals surface area contributed by atoms with Gasteiger partial charge in [0.15, 0.2) is 0 Å². The summed E-state index contributed by atoms with van der Waals surface area (Å²) in [5.41, 5.74) is 3.64. The second-order valence-corrected chi connectivity index (χ2v) is 8.70. The Morgan fingerprint density at radius 1 is 0.870 bits per heavy atom. The van der Waals surface area contributed by atoms with Crippen LogP contribution in [0.5, 0.6) is 0 Å². The van der Waals surface area contributed by atoms with E-state index in [0.717, 1.165) is 11.3 Å². The topological polar surface area (TPSA) is 13.1 Å². The second-order valence-electron chi connectivity index (χ2n) is 4.97. The van der Waals surface area contributed by atoms with Gasteiger partial charge in [0.25, 0.3) is 0 Å². The van der Waals surface area contributed by atoms with Gasteiger partial charge in [0.2, 0.25) is 0 Å². The van der Waals surface area contributed by atoms with Crippen molar-refractivity contribution in [3.63, 3.8) is 0 Å². The average molecular weight is 419 g/mol. The van der Waals surface area contributed by atoms with E-state index >= 15 is 0 Å². The number of hydrogen-bond donors (Lipinski definition) is 0. The first-order valence-corrected chi connectivity index (χ1v) is 13.4. The van der Waals surface area contributed by atoms with E-state index in [1.165, 1.54) is 21.9 Å². The van der Waals surface area contributed by atoms with Crippen molar-refractivity contribution in [2.24, 2.45) is 0 Å². The van der Waals surface area contributed by atoms with Gasteiger partial charge < -0.3 is 4.42 Å². The maximum atomic E-state index is 5.49. The Balaban J connectivity index is 0.000000485. The number of benzene rings is 2. The van der Waals surface area contributed by atoms with E-state index in [9.17, 15) is 0 Å². The number of halogens is 2. The largest absolute Gasteiger partial charge is 0.499 e. The third-order valence-corrected chi connectivity index (χ3v) is 3.64. The van der Waals surface area contributed by atoms with Gasteiger partial charge in [-0.05, 0) is 11.6 Å². The van der Waals surface area contributed by atoms with Crippen molar-refractivity contribution in [2.45, 2.75) is 0 Å². The maximum absolute atomic E-state index is 5.49. The minimum absolute atomic E-state index is 0.826. The van der Waals surface area contributed by atoms with Crippen molar-refractivity contribution in [1.82, 2.24) is 0 Å². The second kappa shape index (κ2) is 8.06. The van der Waals surface area contributed by atoms with E-state index in [-0.39, 0.29) is 0 Å². The first-order chi connectivity index (χ1) is 11.3. The van der Waals surface area contributed by atoms with Crippen LogP contribution < -0.4 is 0 Å². The van der Waals surface area contributed by atoms with Crippen molar-refractivity contribution >= 4 is 27.8 Å². The van der Waals surface area contributed by atoms with E-state index in [1.54, 1.807) is 6.26 Å². The summed E-state index contributed by atoms with van der Waals surface area (Å²) in [5.74, 6) is 0.917. The summed E-state index contributed by atoms with van der Waals surface area (Å²) in [6.45, 7) is 0.